The highest BCUT2D eigenvalue weighted by atomic mass is 15.0. The summed E-state index contributed by atoms with van der Waals surface area (Å²) in [5.74, 6) is 0.750. The molecule has 5 nitrogen and oxygen atoms in total. The van der Waals surface area contributed by atoms with Crippen LogP contribution in [0.15, 0.2) is 43.2 Å². The number of aromatic amines is 2. The molecule has 0 aliphatic rings. The number of hydrogen-bond donors (Lipinski definition) is 2. The highest BCUT2D eigenvalue weighted by Crippen LogP contribution is 2.19. The van der Waals surface area contributed by atoms with Crippen LogP contribution in [0.5, 0.6) is 0 Å². The first-order valence-corrected chi connectivity index (χ1v) is 4.88. The summed E-state index contributed by atoms with van der Waals surface area (Å²) in [7, 11) is 0. The molecule has 0 spiro atoms. The number of pyridine rings is 1. The molecular formula is C11H9N5. The molecule has 3 aromatic heterocycles. The summed E-state index contributed by atoms with van der Waals surface area (Å²) in [6.45, 7) is 0. The zero-order chi connectivity index (χ0) is 10.8. The van der Waals surface area contributed by atoms with E-state index in [0.29, 0.717) is 0 Å². The van der Waals surface area contributed by atoms with Crippen LogP contribution in [-0.4, -0.2) is 24.9 Å². The van der Waals surface area contributed by atoms with E-state index >= 15 is 0 Å². The molecule has 0 aromatic carbocycles. The molecule has 0 aliphatic carbocycles. The third kappa shape index (κ3) is 1.48. The van der Waals surface area contributed by atoms with E-state index in [0.717, 1.165) is 22.8 Å². The summed E-state index contributed by atoms with van der Waals surface area (Å²) >= 11 is 0. The van der Waals surface area contributed by atoms with Crippen LogP contribution >= 0.6 is 0 Å². The predicted octanol–water partition coefficient (Wildman–Crippen LogP) is 1.86. The van der Waals surface area contributed by atoms with Gasteiger partial charge in [0, 0.05) is 30.4 Å². The van der Waals surface area contributed by atoms with Gasteiger partial charge in [-0.1, -0.05) is 0 Å². The number of imidazole rings is 2. The molecule has 0 saturated carbocycles. The van der Waals surface area contributed by atoms with Gasteiger partial charge in [-0.25, -0.2) is 9.97 Å². The Kier molecular flexibility index (Phi) is 2.00. The van der Waals surface area contributed by atoms with Crippen molar-refractivity contribution in [2.45, 2.75) is 0 Å². The Labute approximate surface area is 91.6 Å². The minimum atomic E-state index is 0.750. The number of nitrogens with one attached hydrogen (secondary N) is 2. The number of rotatable bonds is 2. The molecule has 3 aromatic rings. The summed E-state index contributed by atoms with van der Waals surface area (Å²) in [6, 6.07) is 3.86. The zero-order valence-electron chi connectivity index (χ0n) is 8.38. The van der Waals surface area contributed by atoms with Crippen molar-refractivity contribution in [2.75, 3.05) is 0 Å². The molecule has 0 fully saturated rings. The molecule has 0 amide bonds. The average Bonchev–Trinajstić information content (AvgIpc) is 3.01. The first-order chi connectivity index (χ1) is 7.93. The molecule has 16 heavy (non-hydrogen) atoms. The fourth-order valence-electron chi connectivity index (χ4n) is 1.50. The van der Waals surface area contributed by atoms with Crippen LogP contribution in [0.3, 0.4) is 0 Å². The van der Waals surface area contributed by atoms with Gasteiger partial charge in [0.2, 0.25) is 0 Å². The molecule has 0 aliphatic heterocycles. The molecule has 5 heteroatoms. The fraction of sp³-hybridized carbons (Fsp3) is 0. The number of hydrogen-bond acceptors (Lipinski definition) is 3. The lowest BCUT2D eigenvalue weighted by atomic mass is 10.2. The molecule has 0 radical (unpaired) electrons. The van der Waals surface area contributed by atoms with Crippen molar-refractivity contribution in [3.05, 3.63) is 43.2 Å². The Balaban J connectivity index is 2.00. The number of nitrogens with zero attached hydrogens (tertiary/aromatic N) is 3. The summed E-state index contributed by atoms with van der Waals surface area (Å²) < 4.78 is 0. The maximum absolute atomic E-state index is 4.44. The van der Waals surface area contributed by atoms with Gasteiger partial charge >= 0.3 is 0 Å². The first-order valence-electron chi connectivity index (χ1n) is 4.88. The van der Waals surface area contributed by atoms with E-state index in [4.69, 9.17) is 0 Å². The second kappa shape index (κ2) is 3.62. The van der Waals surface area contributed by atoms with Gasteiger partial charge in [0.25, 0.3) is 0 Å². The van der Waals surface area contributed by atoms with Gasteiger partial charge in [-0.05, 0) is 12.1 Å². The smallest absolute Gasteiger partial charge is 0.158 e. The third-order valence-electron chi connectivity index (χ3n) is 2.28. The third-order valence-corrected chi connectivity index (χ3v) is 2.28. The largest absolute Gasteiger partial charge is 0.350 e. The number of H-pyrrole nitrogens is 2. The summed E-state index contributed by atoms with van der Waals surface area (Å²) in [4.78, 5) is 18.6. The van der Waals surface area contributed by atoms with Crippen molar-refractivity contribution >= 4 is 0 Å². The minimum absolute atomic E-state index is 0.750. The SMILES string of the molecule is c1cncc(-c2c[nH]c(-c3c[nH]cn3)n2)c1. The Bertz CT molecular complexity index is 567. The molecule has 2 N–H and O–H groups in total. The normalized spacial score (nSPS) is 10.5. The van der Waals surface area contributed by atoms with Crippen molar-refractivity contribution in [2.24, 2.45) is 0 Å². The molecule has 0 saturated heterocycles. The van der Waals surface area contributed by atoms with Crippen molar-refractivity contribution in [3.63, 3.8) is 0 Å². The lowest BCUT2D eigenvalue weighted by molar-refractivity contribution is 1.25. The topological polar surface area (TPSA) is 70.2 Å². The lowest BCUT2D eigenvalue weighted by Gasteiger charge is -1.92. The molecule has 3 rings (SSSR count). The Hall–Kier alpha value is -2.43. The summed E-state index contributed by atoms with van der Waals surface area (Å²) in [6.07, 6.45) is 8.80. The minimum Gasteiger partial charge on any atom is -0.350 e. The molecule has 0 atom stereocenters. The van der Waals surface area contributed by atoms with Crippen molar-refractivity contribution in [3.8, 4) is 22.8 Å². The van der Waals surface area contributed by atoms with E-state index in [2.05, 4.69) is 24.9 Å². The maximum Gasteiger partial charge on any atom is 0.158 e. The monoisotopic (exact) mass is 211 g/mol. The van der Waals surface area contributed by atoms with Crippen LogP contribution in [0.25, 0.3) is 22.8 Å². The second-order valence-corrected chi connectivity index (χ2v) is 3.33. The Morgan fingerprint density at radius 3 is 2.88 bits per heavy atom. The Morgan fingerprint density at radius 2 is 2.12 bits per heavy atom. The quantitative estimate of drug-likeness (QED) is 0.679. The predicted molar refractivity (Wildman–Crippen MR) is 59.4 cm³/mol. The van der Waals surface area contributed by atoms with Gasteiger partial charge in [0.15, 0.2) is 5.82 Å². The van der Waals surface area contributed by atoms with Crippen molar-refractivity contribution < 1.29 is 0 Å². The second-order valence-electron chi connectivity index (χ2n) is 3.33. The molecule has 78 valence electrons. The molecular weight excluding hydrogens is 202 g/mol. The van der Waals surface area contributed by atoms with Crippen LogP contribution in [0.4, 0.5) is 0 Å². The standard InChI is InChI=1S/C11H9N5/c1-2-8(4-12-3-1)9-6-14-11(16-9)10-5-13-7-15-10/h1-7H,(H,13,15)(H,14,16). The lowest BCUT2D eigenvalue weighted by Crippen LogP contribution is -1.81. The van der Waals surface area contributed by atoms with Gasteiger partial charge in [0.05, 0.1) is 12.0 Å². The highest BCUT2D eigenvalue weighted by molar-refractivity contribution is 5.61. The van der Waals surface area contributed by atoms with E-state index in [1.54, 1.807) is 24.9 Å². The van der Waals surface area contributed by atoms with Crippen LogP contribution in [0.2, 0.25) is 0 Å². The van der Waals surface area contributed by atoms with E-state index in [-0.39, 0.29) is 0 Å². The fourth-order valence-corrected chi connectivity index (χ4v) is 1.50. The summed E-state index contributed by atoms with van der Waals surface area (Å²) in [5.41, 5.74) is 2.65. The van der Waals surface area contributed by atoms with Gasteiger partial charge in [-0.2, -0.15) is 0 Å². The van der Waals surface area contributed by atoms with E-state index in [1.807, 2.05) is 18.3 Å². The van der Waals surface area contributed by atoms with Crippen molar-refractivity contribution in [1.29, 1.82) is 0 Å². The van der Waals surface area contributed by atoms with Crippen LogP contribution < -0.4 is 0 Å². The van der Waals surface area contributed by atoms with Gasteiger partial charge in [-0.15, -0.1) is 0 Å². The molecule has 0 bridgehead atoms. The zero-order valence-corrected chi connectivity index (χ0v) is 8.38. The Morgan fingerprint density at radius 1 is 1.12 bits per heavy atom. The summed E-state index contributed by atoms with van der Waals surface area (Å²) in [5, 5.41) is 0. The van der Waals surface area contributed by atoms with Gasteiger partial charge in [-0.3, -0.25) is 4.98 Å². The number of aromatic nitrogens is 5. The molecule has 3 heterocycles. The van der Waals surface area contributed by atoms with Crippen molar-refractivity contribution in [1.82, 2.24) is 24.9 Å². The van der Waals surface area contributed by atoms with E-state index in [9.17, 15) is 0 Å². The average molecular weight is 211 g/mol. The van der Waals surface area contributed by atoms with E-state index < -0.39 is 0 Å². The van der Waals surface area contributed by atoms with Crippen LogP contribution in [-0.2, 0) is 0 Å². The highest BCUT2D eigenvalue weighted by Gasteiger charge is 2.06. The van der Waals surface area contributed by atoms with Gasteiger partial charge in [0.1, 0.15) is 5.69 Å². The van der Waals surface area contributed by atoms with Gasteiger partial charge < -0.3 is 9.97 Å². The maximum atomic E-state index is 4.44. The first kappa shape index (κ1) is 8.84. The van der Waals surface area contributed by atoms with Crippen LogP contribution in [0, 0.1) is 0 Å². The molecule has 0 unspecified atom stereocenters. The van der Waals surface area contributed by atoms with E-state index in [1.165, 1.54) is 0 Å². The van der Waals surface area contributed by atoms with Crippen LogP contribution in [0.1, 0.15) is 0 Å².